The first kappa shape index (κ1) is 11.9. The van der Waals surface area contributed by atoms with Gasteiger partial charge in [0.25, 0.3) is 0 Å². The largest absolute Gasteiger partial charge is 0.467 e. The molecule has 1 aromatic rings. The summed E-state index contributed by atoms with van der Waals surface area (Å²) in [6.45, 7) is 3.06. The maximum atomic E-state index is 5.23. The van der Waals surface area contributed by atoms with Crippen LogP contribution in [0.25, 0.3) is 0 Å². The molecule has 1 aromatic heterocycles. The van der Waals surface area contributed by atoms with Crippen LogP contribution in [0.5, 0.6) is 6.01 Å². The zero-order valence-corrected chi connectivity index (χ0v) is 9.24. The van der Waals surface area contributed by atoms with Crippen molar-refractivity contribution in [2.45, 2.75) is 0 Å². The second-order valence-electron chi connectivity index (χ2n) is 2.87. The number of hydrogen-bond donors (Lipinski definition) is 0. The summed E-state index contributed by atoms with van der Waals surface area (Å²) in [5.41, 5.74) is 0. The summed E-state index contributed by atoms with van der Waals surface area (Å²) >= 11 is 0. The van der Waals surface area contributed by atoms with E-state index in [2.05, 4.69) is 15.0 Å². The molecule has 84 valence electrons. The van der Waals surface area contributed by atoms with Crippen molar-refractivity contribution in [3.05, 3.63) is 6.33 Å². The van der Waals surface area contributed by atoms with Crippen LogP contribution in [0.15, 0.2) is 6.33 Å². The van der Waals surface area contributed by atoms with E-state index >= 15 is 0 Å². The minimum Gasteiger partial charge on any atom is -0.467 e. The van der Waals surface area contributed by atoms with Crippen molar-refractivity contribution in [3.8, 4) is 6.01 Å². The van der Waals surface area contributed by atoms with Crippen LogP contribution in [-0.2, 0) is 4.74 Å². The summed E-state index contributed by atoms with van der Waals surface area (Å²) in [4.78, 5) is 14.1. The van der Waals surface area contributed by atoms with Gasteiger partial charge in [0.05, 0.1) is 20.3 Å². The summed E-state index contributed by atoms with van der Waals surface area (Å²) < 4.78 is 10.2. The maximum absolute atomic E-state index is 5.23. The van der Waals surface area contributed by atoms with Crippen molar-refractivity contribution in [2.75, 3.05) is 38.3 Å². The lowest BCUT2D eigenvalue weighted by Crippen LogP contribution is -2.37. The topological polar surface area (TPSA) is 60.4 Å². The van der Waals surface area contributed by atoms with Crippen LogP contribution in [-0.4, -0.2) is 48.4 Å². The number of rotatable bonds is 2. The number of ether oxygens (including phenoxy) is 2. The van der Waals surface area contributed by atoms with Gasteiger partial charge < -0.3 is 14.4 Å². The minimum absolute atomic E-state index is 0. The van der Waals surface area contributed by atoms with Crippen LogP contribution < -0.4 is 9.64 Å². The Bertz CT molecular complexity index is 306. The fourth-order valence-electron chi connectivity index (χ4n) is 1.29. The van der Waals surface area contributed by atoms with Crippen molar-refractivity contribution >= 4 is 18.4 Å². The van der Waals surface area contributed by atoms with Crippen LogP contribution >= 0.6 is 12.4 Å². The standard InChI is InChI=1S/C8H12N4O2.ClH/c1-13-8-10-6-9-7(11-8)12-2-4-14-5-3-12;/h6H,2-5H2,1H3;1H. The molecule has 0 radical (unpaired) electrons. The predicted octanol–water partition coefficient (Wildman–Crippen LogP) is 0.139. The van der Waals surface area contributed by atoms with E-state index in [1.54, 1.807) is 7.11 Å². The molecule has 1 aliphatic heterocycles. The zero-order chi connectivity index (χ0) is 9.80. The van der Waals surface area contributed by atoms with Crippen LogP contribution in [0.4, 0.5) is 5.95 Å². The van der Waals surface area contributed by atoms with E-state index in [9.17, 15) is 0 Å². The molecule has 7 heteroatoms. The number of methoxy groups -OCH3 is 1. The average molecular weight is 233 g/mol. The molecule has 15 heavy (non-hydrogen) atoms. The number of hydrogen-bond acceptors (Lipinski definition) is 6. The Kier molecular flexibility index (Phi) is 4.51. The van der Waals surface area contributed by atoms with Crippen molar-refractivity contribution < 1.29 is 9.47 Å². The number of morpholine rings is 1. The molecule has 0 amide bonds. The summed E-state index contributed by atoms with van der Waals surface area (Å²) in [7, 11) is 1.54. The van der Waals surface area contributed by atoms with Crippen LogP contribution in [0, 0.1) is 0 Å². The third-order valence-electron chi connectivity index (χ3n) is 2.01. The van der Waals surface area contributed by atoms with Gasteiger partial charge >= 0.3 is 6.01 Å². The van der Waals surface area contributed by atoms with Gasteiger partial charge in [-0.25, -0.2) is 4.98 Å². The Hall–Kier alpha value is -1.14. The number of anilines is 1. The van der Waals surface area contributed by atoms with E-state index in [1.165, 1.54) is 6.33 Å². The third kappa shape index (κ3) is 2.90. The molecule has 2 rings (SSSR count). The molecule has 0 aromatic carbocycles. The molecule has 1 fully saturated rings. The Morgan fingerprint density at radius 1 is 1.33 bits per heavy atom. The van der Waals surface area contributed by atoms with Crippen molar-refractivity contribution in [1.82, 2.24) is 15.0 Å². The van der Waals surface area contributed by atoms with E-state index in [0.717, 1.165) is 13.1 Å². The van der Waals surface area contributed by atoms with Crippen LogP contribution in [0.3, 0.4) is 0 Å². The number of nitrogens with zero attached hydrogens (tertiary/aromatic N) is 4. The second-order valence-corrected chi connectivity index (χ2v) is 2.87. The Labute approximate surface area is 94.0 Å². The first-order valence-electron chi connectivity index (χ1n) is 4.46. The molecule has 0 unspecified atom stereocenters. The van der Waals surface area contributed by atoms with Crippen LogP contribution in [0.2, 0.25) is 0 Å². The molecule has 1 saturated heterocycles. The Morgan fingerprint density at radius 2 is 2.07 bits per heavy atom. The van der Waals surface area contributed by atoms with Gasteiger partial charge in [0, 0.05) is 13.1 Å². The fourth-order valence-corrected chi connectivity index (χ4v) is 1.29. The van der Waals surface area contributed by atoms with Gasteiger partial charge in [0.1, 0.15) is 6.33 Å². The average Bonchev–Trinajstić information content (AvgIpc) is 2.30. The molecular weight excluding hydrogens is 220 g/mol. The van der Waals surface area contributed by atoms with E-state index in [0.29, 0.717) is 25.2 Å². The van der Waals surface area contributed by atoms with E-state index < -0.39 is 0 Å². The van der Waals surface area contributed by atoms with Gasteiger partial charge in [-0.05, 0) is 0 Å². The van der Waals surface area contributed by atoms with Gasteiger partial charge in [0.15, 0.2) is 0 Å². The molecule has 0 atom stereocenters. The molecule has 2 heterocycles. The third-order valence-corrected chi connectivity index (χ3v) is 2.01. The minimum atomic E-state index is 0. The van der Waals surface area contributed by atoms with Crippen molar-refractivity contribution in [3.63, 3.8) is 0 Å². The normalized spacial score (nSPS) is 15.7. The van der Waals surface area contributed by atoms with E-state index in [1.807, 2.05) is 4.90 Å². The molecule has 1 aliphatic rings. The molecule has 0 spiro atoms. The summed E-state index contributed by atoms with van der Waals surface area (Å²) in [5.74, 6) is 0.653. The van der Waals surface area contributed by atoms with Gasteiger partial charge in [-0.2, -0.15) is 9.97 Å². The molecular formula is C8H13ClN4O2. The Morgan fingerprint density at radius 3 is 2.73 bits per heavy atom. The Balaban J connectivity index is 0.00000112. The van der Waals surface area contributed by atoms with Gasteiger partial charge in [0.2, 0.25) is 5.95 Å². The lowest BCUT2D eigenvalue weighted by molar-refractivity contribution is 0.122. The zero-order valence-electron chi connectivity index (χ0n) is 8.42. The summed E-state index contributed by atoms with van der Waals surface area (Å²) in [6.07, 6.45) is 1.45. The number of aromatic nitrogens is 3. The number of halogens is 1. The highest BCUT2D eigenvalue weighted by Gasteiger charge is 2.14. The second kappa shape index (κ2) is 5.67. The smallest absolute Gasteiger partial charge is 0.320 e. The monoisotopic (exact) mass is 232 g/mol. The maximum Gasteiger partial charge on any atom is 0.320 e. The first-order valence-corrected chi connectivity index (χ1v) is 4.46. The lowest BCUT2D eigenvalue weighted by atomic mass is 10.4. The highest BCUT2D eigenvalue weighted by atomic mass is 35.5. The highest BCUT2D eigenvalue weighted by Crippen LogP contribution is 2.10. The first-order chi connectivity index (χ1) is 6.90. The van der Waals surface area contributed by atoms with Crippen molar-refractivity contribution in [2.24, 2.45) is 0 Å². The fraction of sp³-hybridized carbons (Fsp3) is 0.625. The van der Waals surface area contributed by atoms with E-state index in [-0.39, 0.29) is 12.4 Å². The van der Waals surface area contributed by atoms with Gasteiger partial charge in [-0.1, -0.05) is 0 Å². The van der Waals surface area contributed by atoms with E-state index in [4.69, 9.17) is 9.47 Å². The predicted molar refractivity (Wildman–Crippen MR) is 56.7 cm³/mol. The van der Waals surface area contributed by atoms with Crippen molar-refractivity contribution in [1.29, 1.82) is 0 Å². The molecule has 0 N–H and O–H groups in total. The highest BCUT2D eigenvalue weighted by molar-refractivity contribution is 5.85. The molecule has 0 saturated carbocycles. The molecule has 0 bridgehead atoms. The lowest BCUT2D eigenvalue weighted by Gasteiger charge is -2.26. The quantitative estimate of drug-likeness (QED) is 0.723. The van der Waals surface area contributed by atoms with Gasteiger partial charge in [-0.3, -0.25) is 0 Å². The van der Waals surface area contributed by atoms with Crippen LogP contribution in [0.1, 0.15) is 0 Å². The summed E-state index contributed by atoms with van der Waals surface area (Å²) in [6, 6.07) is 0.349. The van der Waals surface area contributed by atoms with Gasteiger partial charge in [-0.15, -0.1) is 12.4 Å². The SMILES string of the molecule is COc1ncnc(N2CCOCC2)n1.Cl. The molecule has 0 aliphatic carbocycles. The summed E-state index contributed by atoms with van der Waals surface area (Å²) in [5, 5.41) is 0. The molecule has 6 nitrogen and oxygen atoms in total.